The number of nitrogens with zero attached hydrogens (tertiary/aromatic N) is 1. The van der Waals surface area contributed by atoms with E-state index < -0.39 is 0 Å². The monoisotopic (exact) mass is 260 g/mol. The summed E-state index contributed by atoms with van der Waals surface area (Å²) in [5.74, 6) is 0.0655. The Balaban J connectivity index is 1.96. The molecule has 1 atom stereocenters. The number of hydrogen-bond donors (Lipinski definition) is 2. The number of aromatic nitrogens is 1. The van der Waals surface area contributed by atoms with Crippen molar-refractivity contribution in [3.8, 4) is 0 Å². The molecule has 0 saturated heterocycles. The summed E-state index contributed by atoms with van der Waals surface area (Å²) in [5.41, 5.74) is 2.27. The van der Waals surface area contributed by atoms with E-state index in [-0.39, 0.29) is 18.6 Å². The summed E-state index contributed by atoms with van der Waals surface area (Å²) in [6, 6.07) is 8.09. The van der Waals surface area contributed by atoms with Crippen molar-refractivity contribution in [1.82, 2.24) is 9.88 Å². The number of aryl methyl sites for hydroxylation is 1. The van der Waals surface area contributed by atoms with Gasteiger partial charge in [0.25, 0.3) is 0 Å². The van der Waals surface area contributed by atoms with Crippen LogP contribution in [0.4, 0.5) is 0 Å². The van der Waals surface area contributed by atoms with E-state index in [1.54, 1.807) is 11.9 Å². The van der Waals surface area contributed by atoms with Gasteiger partial charge in [-0.25, -0.2) is 0 Å². The maximum absolute atomic E-state index is 11.9. The fourth-order valence-corrected chi connectivity index (χ4v) is 2.05. The molecule has 0 bridgehead atoms. The van der Waals surface area contributed by atoms with E-state index in [4.69, 9.17) is 5.11 Å². The molecule has 1 aromatic heterocycles. The molecule has 1 amide bonds. The molecule has 0 fully saturated rings. The van der Waals surface area contributed by atoms with Crippen molar-refractivity contribution in [3.05, 3.63) is 36.0 Å². The maximum Gasteiger partial charge on any atom is 0.222 e. The van der Waals surface area contributed by atoms with Crippen LogP contribution in [0.15, 0.2) is 30.5 Å². The van der Waals surface area contributed by atoms with Crippen LogP contribution >= 0.6 is 0 Å². The van der Waals surface area contributed by atoms with Crippen LogP contribution in [0.25, 0.3) is 10.9 Å². The first kappa shape index (κ1) is 13.6. The van der Waals surface area contributed by atoms with Crippen molar-refractivity contribution in [2.45, 2.75) is 25.8 Å². The van der Waals surface area contributed by atoms with Crippen LogP contribution in [0.1, 0.15) is 18.9 Å². The summed E-state index contributed by atoms with van der Waals surface area (Å²) >= 11 is 0. The smallest absolute Gasteiger partial charge is 0.222 e. The summed E-state index contributed by atoms with van der Waals surface area (Å²) in [6.07, 6.45) is 3.11. The molecule has 1 aromatic carbocycles. The molecule has 19 heavy (non-hydrogen) atoms. The van der Waals surface area contributed by atoms with Crippen LogP contribution in [0.3, 0.4) is 0 Å². The highest BCUT2D eigenvalue weighted by Gasteiger charge is 2.14. The third-order valence-electron chi connectivity index (χ3n) is 3.56. The number of likely N-dealkylation sites (N-methyl/N-ethyl adjacent to an activating group) is 1. The maximum atomic E-state index is 11.9. The molecule has 0 spiro atoms. The van der Waals surface area contributed by atoms with Crippen LogP contribution in [-0.4, -0.2) is 40.6 Å². The lowest BCUT2D eigenvalue weighted by Crippen LogP contribution is -2.37. The number of rotatable bonds is 5. The molecule has 0 aliphatic carbocycles. The molecule has 2 rings (SSSR count). The standard InChI is InChI=1S/C15H20N2O2/c1-11(10-18)17(2)15(19)6-4-12-3-5-14-13(9-12)7-8-16-14/h3,5,7-9,11,16,18H,4,6,10H2,1-2H3. The van der Waals surface area contributed by atoms with Gasteiger partial charge in [0.2, 0.25) is 5.91 Å². The third-order valence-corrected chi connectivity index (χ3v) is 3.56. The Morgan fingerprint density at radius 1 is 1.42 bits per heavy atom. The fourth-order valence-electron chi connectivity index (χ4n) is 2.05. The Labute approximate surface area is 113 Å². The second kappa shape index (κ2) is 5.89. The van der Waals surface area contributed by atoms with E-state index in [1.807, 2.05) is 31.3 Å². The lowest BCUT2D eigenvalue weighted by Gasteiger charge is -2.23. The van der Waals surface area contributed by atoms with Gasteiger partial charge in [0.05, 0.1) is 12.6 Å². The average Bonchev–Trinajstić information content (AvgIpc) is 2.90. The van der Waals surface area contributed by atoms with Gasteiger partial charge in [-0.1, -0.05) is 6.07 Å². The SMILES string of the molecule is CC(CO)N(C)C(=O)CCc1ccc2[nH]ccc2c1. The van der Waals surface area contributed by atoms with Gasteiger partial charge in [-0.3, -0.25) is 4.79 Å². The van der Waals surface area contributed by atoms with Gasteiger partial charge in [0.1, 0.15) is 0 Å². The number of benzene rings is 1. The normalized spacial score (nSPS) is 12.6. The number of nitrogens with one attached hydrogen (secondary N) is 1. The average molecular weight is 260 g/mol. The van der Waals surface area contributed by atoms with Crippen molar-refractivity contribution in [3.63, 3.8) is 0 Å². The van der Waals surface area contributed by atoms with E-state index in [2.05, 4.69) is 11.1 Å². The number of fused-ring (bicyclic) bond motifs is 1. The lowest BCUT2D eigenvalue weighted by atomic mass is 10.1. The minimum atomic E-state index is -0.125. The largest absolute Gasteiger partial charge is 0.394 e. The van der Waals surface area contributed by atoms with Crippen molar-refractivity contribution in [2.24, 2.45) is 0 Å². The zero-order valence-corrected chi connectivity index (χ0v) is 11.4. The number of aliphatic hydroxyl groups excluding tert-OH is 1. The Morgan fingerprint density at radius 3 is 2.95 bits per heavy atom. The summed E-state index contributed by atoms with van der Waals surface area (Å²) in [6.45, 7) is 1.83. The van der Waals surface area contributed by atoms with Crippen molar-refractivity contribution < 1.29 is 9.90 Å². The summed E-state index contributed by atoms with van der Waals surface area (Å²) in [4.78, 5) is 16.7. The molecular formula is C15H20N2O2. The Bertz CT molecular complexity index is 562. The highest BCUT2D eigenvalue weighted by Crippen LogP contribution is 2.15. The van der Waals surface area contributed by atoms with Crippen molar-refractivity contribution in [2.75, 3.05) is 13.7 Å². The minimum Gasteiger partial charge on any atom is -0.394 e. The second-order valence-electron chi connectivity index (χ2n) is 4.94. The molecule has 1 unspecified atom stereocenters. The van der Waals surface area contributed by atoms with E-state index in [1.165, 1.54) is 5.39 Å². The quantitative estimate of drug-likeness (QED) is 0.863. The molecule has 2 N–H and O–H groups in total. The number of amides is 1. The van der Waals surface area contributed by atoms with Gasteiger partial charge in [-0.2, -0.15) is 0 Å². The number of carbonyl (C=O) groups is 1. The summed E-state index contributed by atoms with van der Waals surface area (Å²) < 4.78 is 0. The van der Waals surface area contributed by atoms with E-state index >= 15 is 0 Å². The Kier molecular flexibility index (Phi) is 4.22. The number of hydrogen-bond acceptors (Lipinski definition) is 2. The van der Waals surface area contributed by atoms with Gasteiger partial charge in [-0.05, 0) is 42.5 Å². The predicted octanol–water partition coefficient (Wildman–Crippen LogP) is 1.94. The van der Waals surface area contributed by atoms with Crippen molar-refractivity contribution >= 4 is 16.8 Å². The number of carbonyl (C=O) groups excluding carboxylic acids is 1. The molecule has 1 heterocycles. The topological polar surface area (TPSA) is 56.3 Å². The second-order valence-corrected chi connectivity index (χ2v) is 4.94. The fraction of sp³-hybridized carbons (Fsp3) is 0.400. The van der Waals surface area contributed by atoms with Gasteiger partial charge in [-0.15, -0.1) is 0 Å². The van der Waals surface area contributed by atoms with Crippen LogP contribution in [0.5, 0.6) is 0 Å². The summed E-state index contributed by atoms with van der Waals surface area (Å²) in [7, 11) is 1.73. The van der Waals surface area contributed by atoms with Gasteiger partial charge in [0, 0.05) is 25.2 Å². The van der Waals surface area contributed by atoms with Crippen LogP contribution in [0.2, 0.25) is 0 Å². The highest BCUT2D eigenvalue weighted by atomic mass is 16.3. The number of aliphatic hydroxyl groups is 1. The first-order chi connectivity index (χ1) is 9.11. The molecule has 0 radical (unpaired) electrons. The Hall–Kier alpha value is -1.81. The molecule has 0 aliphatic heterocycles. The molecule has 0 saturated carbocycles. The first-order valence-electron chi connectivity index (χ1n) is 6.54. The molecular weight excluding hydrogens is 240 g/mol. The molecule has 102 valence electrons. The van der Waals surface area contributed by atoms with Gasteiger partial charge >= 0.3 is 0 Å². The number of aromatic amines is 1. The molecule has 4 heteroatoms. The van der Waals surface area contributed by atoms with Crippen LogP contribution < -0.4 is 0 Å². The molecule has 4 nitrogen and oxygen atoms in total. The predicted molar refractivity (Wildman–Crippen MR) is 75.9 cm³/mol. The van der Waals surface area contributed by atoms with E-state index in [0.717, 1.165) is 17.5 Å². The van der Waals surface area contributed by atoms with Gasteiger partial charge in [0.15, 0.2) is 0 Å². The minimum absolute atomic E-state index is 0.00243. The Morgan fingerprint density at radius 2 is 2.21 bits per heavy atom. The van der Waals surface area contributed by atoms with Crippen LogP contribution in [0, 0.1) is 0 Å². The first-order valence-corrected chi connectivity index (χ1v) is 6.54. The molecule has 2 aromatic rings. The van der Waals surface area contributed by atoms with Crippen molar-refractivity contribution in [1.29, 1.82) is 0 Å². The zero-order chi connectivity index (χ0) is 13.8. The number of H-pyrrole nitrogens is 1. The van der Waals surface area contributed by atoms with Gasteiger partial charge < -0.3 is 15.0 Å². The van der Waals surface area contributed by atoms with Crippen LogP contribution in [-0.2, 0) is 11.2 Å². The summed E-state index contributed by atoms with van der Waals surface area (Å²) in [5, 5.41) is 10.2. The zero-order valence-electron chi connectivity index (χ0n) is 11.4. The lowest BCUT2D eigenvalue weighted by molar-refractivity contribution is -0.132. The molecule has 0 aliphatic rings. The third kappa shape index (κ3) is 3.15. The van der Waals surface area contributed by atoms with E-state index in [0.29, 0.717) is 6.42 Å². The highest BCUT2D eigenvalue weighted by molar-refractivity contribution is 5.80. The van der Waals surface area contributed by atoms with E-state index in [9.17, 15) is 4.79 Å².